The molecule has 0 radical (unpaired) electrons. The Morgan fingerprint density at radius 3 is 2.63 bits per heavy atom. The first-order chi connectivity index (χ1) is 9.03. The predicted molar refractivity (Wildman–Crippen MR) is 73.0 cm³/mol. The van der Waals surface area contributed by atoms with Crippen LogP contribution in [0.5, 0.6) is 5.75 Å². The van der Waals surface area contributed by atoms with Crippen molar-refractivity contribution < 1.29 is 14.3 Å². The van der Waals surface area contributed by atoms with Crippen molar-refractivity contribution in [1.29, 1.82) is 0 Å². The number of carbonyl (C=O) groups excluding carboxylic acids is 1. The summed E-state index contributed by atoms with van der Waals surface area (Å²) < 4.78 is 10.4. The van der Waals surface area contributed by atoms with E-state index in [0.29, 0.717) is 6.61 Å². The average molecular weight is 263 g/mol. The molecule has 4 nitrogen and oxygen atoms in total. The largest absolute Gasteiger partial charge is 0.496 e. The van der Waals surface area contributed by atoms with Crippen LogP contribution in [-0.2, 0) is 15.1 Å². The number of hydrogen-bond donors (Lipinski definition) is 1. The fourth-order valence-corrected chi connectivity index (χ4v) is 2.45. The molecule has 1 aliphatic rings. The number of ether oxygens (including phenoxy) is 2. The zero-order valence-corrected chi connectivity index (χ0v) is 11.7. The van der Waals surface area contributed by atoms with Gasteiger partial charge in [-0.2, -0.15) is 0 Å². The molecule has 0 aliphatic heterocycles. The zero-order valence-electron chi connectivity index (χ0n) is 11.7. The highest BCUT2D eigenvalue weighted by Gasteiger charge is 2.50. The molecule has 104 valence electrons. The normalized spacial score (nSPS) is 17.7. The minimum Gasteiger partial charge on any atom is -0.496 e. The monoisotopic (exact) mass is 263 g/mol. The average Bonchev–Trinajstić information content (AvgIpc) is 3.22. The Balaban J connectivity index is 2.39. The van der Waals surface area contributed by atoms with Gasteiger partial charge in [-0.05, 0) is 55.9 Å². The summed E-state index contributed by atoms with van der Waals surface area (Å²) in [5, 5.41) is 0. The Morgan fingerprint density at radius 1 is 1.47 bits per heavy atom. The van der Waals surface area contributed by atoms with Crippen LogP contribution in [0.4, 0.5) is 0 Å². The van der Waals surface area contributed by atoms with Gasteiger partial charge in [0, 0.05) is 0 Å². The van der Waals surface area contributed by atoms with E-state index in [0.717, 1.165) is 29.7 Å². The number of rotatable bonds is 5. The van der Waals surface area contributed by atoms with Gasteiger partial charge in [-0.15, -0.1) is 0 Å². The SMILES string of the molecule is CCOC(=O)C(N)(c1ccc(OC)c(C)c1)C1CC1. The molecule has 1 aromatic carbocycles. The third-order valence-electron chi connectivity index (χ3n) is 3.71. The Morgan fingerprint density at radius 2 is 2.16 bits per heavy atom. The van der Waals surface area contributed by atoms with Crippen LogP contribution in [0.1, 0.15) is 30.9 Å². The van der Waals surface area contributed by atoms with Gasteiger partial charge in [0.2, 0.25) is 0 Å². The number of nitrogens with two attached hydrogens (primary N) is 1. The summed E-state index contributed by atoms with van der Waals surface area (Å²) in [5.41, 5.74) is 7.16. The minimum absolute atomic E-state index is 0.180. The quantitative estimate of drug-likeness (QED) is 0.827. The van der Waals surface area contributed by atoms with Crippen molar-refractivity contribution >= 4 is 5.97 Å². The molecular formula is C15H21NO3. The maximum atomic E-state index is 12.2. The van der Waals surface area contributed by atoms with Gasteiger partial charge in [-0.1, -0.05) is 6.07 Å². The molecule has 0 spiro atoms. The first kappa shape index (κ1) is 13.9. The van der Waals surface area contributed by atoms with Gasteiger partial charge in [0.25, 0.3) is 0 Å². The number of aryl methyl sites for hydroxylation is 1. The Kier molecular flexibility index (Phi) is 3.80. The Labute approximate surface area is 113 Å². The fourth-order valence-electron chi connectivity index (χ4n) is 2.45. The maximum Gasteiger partial charge on any atom is 0.331 e. The second-order valence-electron chi connectivity index (χ2n) is 5.05. The van der Waals surface area contributed by atoms with E-state index < -0.39 is 5.54 Å². The van der Waals surface area contributed by atoms with Crippen molar-refractivity contribution in [3.63, 3.8) is 0 Å². The highest BCUT2D eigenvalue weighted by Crippen LogP contribution is 2.45. The Hall–Kier alpha value is -1.55. The van der Waals surface area contributed by atoms with Crippen molar-refractivity contribution in [2.75, 3.05) is 13.7 Å². The topological polar surface area (TPSA) is 61.5 Å². The molecule has 1 aliphatic carbocycles. The number of methoxy groups -OCH3 is 1. The lowest BCUT2D eigenvalue weighted by Crippen LogP contribution is -2.48. The minimum atomic E-state index is -1.02. The molecule has 1 fully saturated rings. The van der Waals surface area contributed by atoms with E-state index in [-0.39, 0.29) is 11.9 Å². The third-order valence-corrected chi connectivity index (χ3v) is 3.71. The second kappa shape index (κ2) is 5.21. The summed E-state index contributed by atoms with van der Waals surface area (Å²) in [5.74, 6) is 0.646. The number of benzene rings is 1. The van der Waals surface area contributed by atoms with E-state index in [1.54, 1.807) is 14.0 Å². The van der Waals surface area contributed by atoms with Gasteiger partial charge in [0.1, 0.15) is 11.3 Å². The van der Waals surface area contributed by atoms with E-state index in [9.17, 15) is 4.79 Å². The van der Waals surface area contributed by atoms with Crippen LogP contribution >= 0.6 is 0 Å². The second-order valence-corrected chi connectivity index (χ2v) is 5.05. The first-order valence-electron chi connectivity index (χ1n) is 6.65. The van der Waals surface area contributed by atoms with Crippen molar-refractivity contribution in [3.8, 4) is 5.75 Å². The molecule has 0 saturated heterocycles. The molecule has 2 rings (SSSR count). The fraction of sp³-hybridized carbons (Fsp3) is 0.533. The summed E-state index contributed by atoms with van der Waals surface area (Å²) in [6.07, 6.45) is 1.95. The van der Waals surface area contributed by atoms with Gasteiger partial charge in [0.15, 0.2) is 0 Å². The van der Waals surface area contributed by atoms with Crippen LogP contribution < -0.4 is 10.5 Å². The molecule has 1 atom stereocenters. The molecule has 0 amide bonds. The van der Waals surface area contributed by atoms with Crippen LogP contribution in [0, 0.1) is 12.8 Å². The van der Waals surface area contributed by atoms with Crippen LogP contribution in [-0.4, -0.2) is 19.7 Å². The molecule has 4 heteroatoms. The van der Waals surface area contributed by atoms with Crippen LogP contribution in [0.3, 0.4) is 0 Å². The van der Waals surface area contributed by atoms with Gasteiger partial charge in [0.05, 0.1) is 13.7 Å². The van der Waals surface area contributed by atoms with Crippen LogP contribution in [0.15, 0.2) is 18.2 Å². The van der Waals surface area contributed by atoms with Gasteiger partial charge in [-0.25, -0.2) is 4.79 Å². The predicted octanol–water partition coefficient (Wildman–Crippen LogP) is 2.13. The Bertz CT molecular complexity index is 482. The summed E-state index contributed by atoms with van der Waals surface area (Å²) in [7, 11) is 1.63. The lowest BCUT2D eigenvalue weighted by atomic mass is 9.85. The summed E-state index contributed by atoms with van der Waals surface area (Å²) in [6.45, 7) is 4.09. The van der Waals surface area contributed by atoms with Gasteiger partial charge in [-0.3, -0.25) is 0 Å². The van der Waals surface area contributed by atoms with Gasteiger partial charge < -0.3 is 15.2 Å². The summed E-state index contributed by atoms with van der Waals surface area (Å²) in [6, 6.07) is 5.64. The van der Waals surface area contributed by atoms with Crippen molar-refractivity contribution in [3.05, 3.63) is 29.3 Å². The first-order valence-corrected chi connectivity index (χ1v) is 6.65. The van der Waals surface area contributed by atoms with Gasteiger partial charge >= 0.3 is 5.97 Å². The lowest BCUT2D eigenvalue weighted by molar-refractivity contribution is -0.151. The molecule has 0 heterocycles. The third kappa shape index (κ3) is 2.45. The molecule has 2 N–H and O–H groups in total. The van der Waals surface area contributed by atoms with Crippen LogP contribution in [0.2, 0.25) is 0 Å². The van der Waals surface area contributed by atoms with Crippen molar-refractivity contribution in [2.45, 2.75) is 32.2 Å². The highest BCUT2D eigenvalue weighted by atomic mass is 16.5. The maximum absolute atomic E-state index is 12.2. The van der Waals surface area contributed by atoms with E-state index in [4.69, 9.17) is 15.2 Å². The van der Waals surface area contributed by atoms with Crippen molar-refractivity contribution in [2.24, 2.45) is 11.7 Å². The molecule has 1 unspecified atom stereocenters. The number of esters is 1. The molecule has 19 heavy (non-hydrogen) atoms. The molecular weight excluding hydrogens is 242 g/mol. The lowest BCUT2D eigenvalue weighted by Gasteiger charge is -2.28. The zero-order chi connectivity index (χ0) is 14.0. The van der Waals surface area contributed by atoms with E-state index in [1.807, 2.05) is 25.1 Å². The smallest absolute Gasteiger partial charge is 0.331 e. The highest BCUT2D eigenvalue weighted by molar-refractivity contribution is 5.83. The molecule has 1 saturated carbocycles. The standard InChI is InChI=1S/C15H21NO3/c1-4-19-14(17)15(16,11-5-6-11)12-7-8-13(18-3)10(2)9-12/h7-9,11H,4-6,16H2,1-3H3. The molecule has 0 bridgehead atoms. The van der Waals surface area contributed by atoms with E-state index >= 15 is 0 Å². The van der Waals surface area contributed by atoms with Crippen molar-refractivity contribution in [1.82, 2.24) is 0 Å². The van der Waals surface area contributed by atoms with E-state index in [2.05, 4.69) is 0 Å². The molecule has 1 aromatic rings. The number of hydrogen-bond acceptors (Lipinski definition) is 4. The molecule has 0 aromatic heterocycles. The summed E-state index contributed by atoms with van der Waals surface area (Å²) in [4.78, 5) is 12.2. The van der Waals surface area contributed by atoms with E-state index in [1.165, 1.54) is 0 Å². The summed E-state index contributed by atoms with van der Waals surface area (Å²) >= 11 is 0. The van der Waals surface area contributed by atoms with Crippen LogP contribution in [0.25, 0.3) is 0 Å². The number of carbonyl (C=O) groups is 1.